The predicted molar refractivity (Wildman–Crippen MR) is 112 cm³/mol. The molecule has 0 radical (unpaired) electrons. The van der Waals surface area contributed by atoms with Crippen LogP contribution in [0, 0.1) is 98.9 Å². The van der Waals surface area contributed by atoms with E-state index in [0.29, 0.717) is 0 Å². The minimum Gasteiger partial charge on any atom is -0.205 e. The highest BCUT2D eigenvalue weighted by Gasteiger charge is 2.57. The SMILES string of the molecule is Fc1c(F)c(F)[c]([Al]([c]2c(F)c(F)c(F)c(F)c2F)[c]2c(F)c(F)c(F)c3c2C(F)(F)c2c(F)c(F)c(F)c(F)c2-3)c(F)c1F. The lowest BCUT2D eigenvalue weighted by atomic mass is 10.0. The first-order valence-corrected chi connectivity index (χ1v) is 12.9. The molecule has 0 fully saturated rings. The summed E-state index contributed by atoms with van der Waals surface area (Å²) in [6, 6.07) is 0. The maximum absolute atomic E-state index is 15.8. The Labute approximate surface area is 238 Å². The first-order chi connectivity index (χ1) is 20.7. The molecule has 20 heteroatoms. The third-order valence-electron chi connectivity index (χ3n) is 6.86. The van der Waals surface area contributed by atoms with Gasteiger partial charge in [-0.2, -0.15) is 8.78 Å². The molecule has 1 aliphatic rings. The van der Waals surface area contributed by atoms with E-state index in [0.717, 1.165) is 0 Å². The summed E-state index contributed by atoms with van der Waals surface area (Å²) in [5.41, 5.74) is -10.6. The van der Waals surface area contributed by atoms with Gasteiger partial charge in [0.1, 0.15) is 0 Å². The minimum absolute atomic E-state index is 2.45. The molecule has 4 aromatic carbocycles. The lowest BCUT2D eigenvalue weighted by Gasteiger charge is -2.24. The number of alkyl halides is 2. The molecule has 0 N–H and O–H groups in total. The average molecular weight is 688 g/mol. The van der Waals surface area contributed by atoms with Crippen molar-refractivity contribution in [3.05, 3.63) is 110 Å². The number of hydrogen-bond acceptors (Lipinski definition) is 0. The molecular formula is C25AlF19. The first kappa shape index (κ1) is 32.5. The molecular weight excluding hydrogens is 688 g/mol. The van der Waals surface area contributed by atoms with E-state index in [-0.39, 0.29) is 0 Å². The molecule has 0 spiro atoms. The zero-order valence-corrected chi connectivity index (χ0v) is 21.4. The lowest BCUT2D eigenvalue weighted by molar-refractivity contribution is 0.0435. The highest BCUT2D eigenvalue weighted by Crippen LogP contribution is 2.54. The molecule has 5 rings (SSSR count). The maximum atomic E-state index is 15.8. The van der Waals surface area contributed by atoms with Gasteiger partial charge in [0.2, 0.25) is 0 Å². The molecule has 0 unspecified atom stereocenters. The summed E-state index contributed by atoms with van der Waals surface area (Å²) in [6.45, 7) is 0. The van der Waals surface area contributed by atoms with E-state index in [9.17, 15) is 52.7 Å². The molecule has 236 valence electrons. The van der Waals surface area contributed by atoms with Gasteiger partial charge in [0.15, 0.2) is 98.9 Å². The van der Waals surface area contributed by atoms with E-state index in [1.807, 2.05) is 0 Å². The van der Waals surface area contributed by atoms with Crippen LogP contribution in [-0.2, 0) is 5.92 Å². The summed E-state index contributed by atoms with van der Waals surface area (Å²) in [7, 11) is 0. The van der Waals surface area contributed by atoms with Crippen molar-refractivity contribution in [3.63, 3.8) is 0 Å². The van der Waals surface area contributed by atoms with Crippen molar-refractivity contribution in [2.45, 2.75) is 5.92 Å². The largest absolute Gasteiger partial charge is 0.408 e. The van der Waals surface area contributed by atoms with Crippen molar-refractivity contribution in [3.8, 4) is 11.1 Å². The summed E-state index contributed by atoms with van der Waals surface area (Å²) in [5, 5.41) is 0. The average Bonchev–Trinajstić information content (AvgIpc) is 3.24. The van der Waals surface area contributed by atoms with E-state index in [1.54, 1.807) is 0 Å². The second-order valence-corrected chi connectivity index (χ2v) is 11.7. The Morgan fingerprint density at radius 2 is 0.511 bits per heavy atom. The summed E-state index contributed by atoms with van der Waals surface area (Å²) < 4.78 is 270. The third kappa shape index (κ3) is 4.03. The van der Waals surface area contributed by atoms with Crippen molar-refractivity contribution >= 4 is 27.4 Å². The van der Waals surface area contributed by atoms with E-state index in [4.69, 9.17) is 0 Å². The highest BCUT2D eigenvalue weighted by atomic mass is 27.2. The number of hydrogen-bond donors (Lipinski definition) is 0. The molecule has 0 aromatic heterocycles. The van der Waals surface area contributed by atoms with Crippen LogP contribution in [-0.4, -0.2) is 14.1 Å². The number of halogens is 19. The van der Waals surface area contributed by atoms with Crippen LogP contribution in [0.3, 0.4) is 0 Å². The topological polar surface area (TPSA) is 0 Å². The third-order valence-corrected chi connectivity index (χ3v) is 10.1. The normalized spacial score (nSPS) is 13.4. The molecule has 0 amide bonds. The van der Waals surface area contributed by atoms with Crippen molar-refractivity contribution < 1.29 is 83.4 Å². The van der Waals surface area contributed by atoms with Gasteiger partial charge in [0, 0.05) is 16.7 Å². The summed E-state index contributed by atoms with van der Waals surface area (Å²) in [4.78, 5) is 0. The molecule has 0 saturated carbocycles. The van der Waals surface area contributed by atoms with Crippen LogP contribution < -0.4 is 13.3 Å². The molecule has 45 heavy (non-hydrogen) atoms. The summed E-state index contributed by atoms with van der Waals surface area (Å²) >= 11 is -6.51. The Morgan fingerprint density at radius 1 is 0.267 bits per heavy atom. The first-order valence-electron chi connectivity index (χ1n) is 11.2. The fraction of sp³-hybridized carbons (Fsp3) is 0.0400. The molecule has 0 saturated heterocycles. The van der Waals surface area contributed by atoms with Crippen LogP contribution in [0.25, 0.3) is 11.1 Å². The number of benzene rings is 4. The van der Waals surface area contributed by atoms with Gasteiger partial charge in [-0.25, -0.2) is 74.6 Å². The van der Waals surface area contributed by atoms with Gasteiger partial charge < -0.3 is 0 Å². The quantitative estimate of drug-likeness (QED) is 0.0976. The molecule has 0 aliphatic heterocycles. The fourth-order valence-electron chi connectivity index (χ4n) is 4.98. The monoisotopic (exact) mass is 688 g/mol. The second-order valence-electron chi connectivity index (χ2n) is 9.09. The second kappa shape index (κ2) is 10.3. The fourth-order valence-corrected chi connectivity index (χ4v) is 8.36. The molecule has 4 aromatic rings. The Kier molecular flexibility index (Phi) is 7.44. The van der Waals surface area contributed by atoms with Gasteiger partial charge in [-0.15, -0.1) is 0 Å². The standard InChI is InChI=1S/C13F9.2C6F5.Al/c14-3-1-2-4(8(16)7(3)15)5-6(13(2,21)22)10(18)12(20)11(19)9(5)17;2*7-2-1-3(8)5(10)6(11)4(2)9;. The smallest absolute Gasteiger partial charge is 0.205 e. The lowest BCUT2D eigenvalue weighted by Crippen LogP contribution is -2.61. The van der Waals surface area contributed by atoms with Crippen LogP contribution >= 0.6 is 0 Å². The van der Waals surface area contributed by atoms with Gasteiger partial charge in [-0.05, 0) is 8.85 Å². The van der Waals surface area contributed by atoms with Gasteiger partial charge in [0.05, 0.1) is 5.56 Å². The van der Waals surface area contributed by atoms with E-state index >= 15 is 30.7 Å². The zero-order chi connectivity index (χ0) is 33.9. The predicted octanol–water partition coefficient (Wildman–Crippen LogP) is 6.69. The Balaban J connectivity index is 2.13. The highest BCUT2D eigenvalue weighted by molar-refractivity contribution is 6.96. The Bertz CT molecular complexity index is 1890. The maximum Gasteiger partial charge on any atom is 0.408 e. The van der Waals surface area contributed by atoms with Crippen LogP contribution in [0.4, 0.5) is 83.4 Å². The Hall–Kier alpha value is -3.92. The van der Waals surface area contributed by atoms with Crippen LogP contribution in [0.15, 0.2) is 0 Å². The molecule has 0 nitrogen and oxygen atoms in total. The van der Waals surface area contributed by atoms with Crippen molar-refractivity contribution in [1.29, 1.82) is 0 Å². The number of fused-ring (bicyclic) bond motifs is 3. The zero-order valence-electron chi connectivity index (χ0n) is 20.3. The summed E-state index contributed by atoms with van der Waals surface area (Å²) in [6.07, 6.45) is 0. The van der Waals surface area contributed by atoms with Gasteiger partial charge in [0.25, 0.3) is 0 Å². The Morgan fingerprint density at radius 3 is 0.889 bits per heavy atom. The van der Waals surface area contributed by atoms with E-state index in [2.05, 4.69) is 0 Å². The molecule has 0 heterocycles. The van der Waals surface area contributed by atoms with E-state index in [1.165, 1.54) is 0 Å². The number of rotatable bonds is 3. The van der Waals surface area contributed by atoms with Crippen LogP contribution in [0.1, 0.15) is 11.1 Å². The van der Waals surface area contributed by atoms with Crippen molar-refractivity contribution in [2.75, 3.05) is 0 Å². The van der Waals surface area contributed by atoms with Gasteiger partial charge in [-0.1, -0.05) is 4.43 Å². The van der Waals surface area contributed by atoms with E-state index < -0.39 is 154 Å². The molecule has 0 bridgehead atoms. The van der Waals surface area contributed by atoms with Gasteiger partial charge >= 0.3 is 20.1 Å². The van der Waals surface area contributed by atoms with Crippen molar-refractivity contribution in [2.24, 2.45) is 0 Å². The minimum atomic E-state index is -6.51. The summed E-state index contributed by atoms with van der Waals surface area (Å²) in [5.74, 6) is -59.1. The van der Waals surface area contributed by atoms with Crippen molar-refractivity contribution in [1.82, 2.24) is 0 Å². The molecule has 0 atom stereocenters. The van der Waals surface area contributed by atoms with Crippen LogP contribution in [0.2, 0.25) is 0 Å². The molecule has 1 aliphatic carbocycles. The van der Waals surface area contributed by atoms with Crippen LogP contribution in [0.5, 0.6) is 0 Å². The van der Waals surface area contributed by atoms with Gasteiger partial charge in [-0.3, -0.25) is 0 Å².